The summed E-state index contributed by atoms with van der Waals surface area (Å²) in [6.07, 6.45) is 4.97. The highest BCUT2D eigenvalue weighted by Crippen LogP contribution is 2.43. The fourth-order valence-corrected chi connectivity index (χ4v) is 4.92. The topological polar surface area (TPSA) is 49.4 Å². The van der Waals surface area contributed by atoms with Crippen LogP contribution in [0, 0.1) is 11.6 Å². The maximum atomic E-state index is 13.7. The van der Waals surface area contributed by atoms with Gasteiger partial charge in [-0.1, -0.05) is 30.3 Å². The molecule has 2 heterocycles. The quantitative estimate of drug-likeness (QED) is 0.715. The monoisotopic (exact) mass is 412 g/mol. The lowest BCUT2D eigenvalue weighted by Gasteiger charge is -2.39. The number of carbonyl (C=O) groups excluding carboxylic acids is 2. The molecule has 2 bridgehead atoms. The van der Waals surface area contributed by atoms with E-state index in [9.17, 15) is 18.4 Å². The number of rotatable bonds is 6. The van der Waals surface area contributed by atoms with Gasteiger partial charge in [-0.25, -0.2) is 8.78 Å². The van der Waals surface area contributed by atoms with E-state index in [0.717, 1.165) is 37.8 Å². The minimum Gasteiger partial charge on any atom is -0.352 e. The smallest absolute Gasteiger partial charge is 0.254 e. The minimum absolute atomic E-state index is 0.135. The van der Waals surface area contributed by atoms with E-state index in [1.54, 1.807) is 0 Å². The Balaban J connectivity index is 1.25. The number of benzene rings is 2. The van der Waals surface area contributed by atoms with Crippen molar-refractivity contribution in [1.82, 2.24) is 10.2 Å². The lowest BCUT2D eigenvalue weighted by molar-refractivity contribution is -0.135. The average molecular weight is 412 g/mol. The van der Waals surface area contributed by atoms with Crippen LogP contribution in [0.25, 0.3) is 0 Å². The first-order valence-electron chi connectivity index (χ1n) is 10.6. The van der Waals surface area contributed by atoms with Crippen LogP contribution in [0.2, 0.25) is 0 Å². The first kappa shape index (κ1) is 20.5. The number of nitrogens with one attached hydrogen (secondary N) is 1. The van der Waals surface area contributed by atoms with E-state index in [2.05, 4.69) is 34.5 Å². The number of fused-ring (bicyclic) bond motifs is 2. The first-order valence-corrected chi connectivity index (χ1v) is 10.6. The van der Waals surface area contributed by atoms with Crippen LogP contribution < -0.4 is 5.32 Å². The van der Waals surface area contributed by atoms with Crippen molar-refractivity contribution in [3.63, 3.8) is 0 Å². The molecule has 2 amide bonds. The van der Waals surface area contributed by atoms with Gasteiger partial charge in [0.15, 0.2) is 0 Å². The Kier molecular flexibility index (Phi) is 6.11. The van der Waals surface area contributed by atoms with Crippen molar-refractivity contribution in [2.75, 3.05) is 6.54 Å². The molecule has 2 aromatic rings. The molecule has 30 heavy (non-hydrogen) atoms. The van der Waals surface area contributed by atoms with E-state index in [0.29, 0.717) is 36.9 Å². The second kappa shape index (κ2) is 8.94. The average Bonchev–Trinajstić information content (AvgIpc) is 3.01. The van der Waals surface area contributed by atoms with Crippen molar-refractivity contribution >= 4 is 11.8 Å². The van der Waals surface area contributed by atoms with E-state index in [1.807, 2.05) is 6.07 Å². The summed E-state index contributed by atoms with van der Waals surface area (Å²) in [5, 5.41) is 2.61. The highest BCUT2D eigenvalue weighted by atomic mass is 19.1. The molecule has 2 aliphatic rings. The third-order valence-electron chi connectivity index (χ3n) is 6.32. The highest BCUT2D eigenvalue weighted by molar-refractivity contribution is 5.94. The Labute approximate surface area is 175 Å². The highest BCUT2D eigenvalue weighted by Gasteiger charge is 2.43. The molecule has 6 heteroatoms. The standard InChI is InChI=1S/C24H26F2N2O2/c25-18-8-11-21(22(26)15-18)24(30)27-12-4-7-23(29)28-19-9-10-20(28)14-17(13-19)16-5-2-1-3-6-16/h1-3,5-6,8,11,15,17,19-20H,4,7,9-10,12-14H2,(H,27,30)/t17?,19-,20+. The molecule has 158 valence electrons. The number of amides is 2. The SMILES string of the molecule is O=C(NCCCC(=O)N1[C@@H]2CC[C@H]1CC(c1ccccc1)C2)c1ccc(F)cc1F. The minimum atomic E-state index is -0.888. The van der Waals surface area contributed by atoms with Crippen LogP contribution in [0.4, 0.5) is 8.78 Å². The van der Waals surface area contributed by atoms with Crippen LogP contribution >= 0.6 is 0 Å². The van der Waals surface area contributed by atoms with Gasteiger partial charge in [0.1, 0.15) is 11.6 Å². The van der Waals surface area contributed by atoms with Crippen molar-refractivity contribution in [3.05, 3.63) is 71.3 Å². The predicted molar refractivity (Wildman–Crippen MR) is 110 cm³/mol. The summed E-state index contributed by atoms with van der Waals surface area (Å²) >= 11 is 0. The molecular formula is C24H26F2N2O2. The Bertz CT molecular complexity index is 905. The van der Waals surface area contributed by atoms with E-state index >= 15 is 0 Å². The summed E-state index contributed by atoms with van der Waals surface area (Å²) in [6.45, 7) is 0.275. The van der Waals surface area contributed by atoms with Gasteiger partial charge >= 0.3 is 0 Å². The normalized spacial score (nSPS) is 22.7. The van der Waals surface area contributed by atoms with Gasteiger partial charge in [-0.15, -0.1) is 0 Å². The zero-order valence-corrected chi connectivity index (χ0v) is 16.8. The lowest BCUT2D eigenvalue weighted by atomic mass is 9.85. The second-order valence-corrected chi connectivity index (χ2v) is 8.25. The maximum absolute atomic E-state index is 13.7. The summed E-state index contributed by atoms with van der Waals surface area (Å²) in [7, 11) is 0. The fourth-order valence-electron chi connectivity index (χ4n) is 4.92. The van der Waals surface area contributed by atoms with Gasteiger partial charge in [-0.05, 0) is 55.7 Å². The van der Waals surface area contributed by atoms with Crippen molar-refractivity contribution in [2.45, 2.75) is 56.5 Å². The van der Waals surface area contributed by atoms with Crippen molar-refractivity contribution < 1.29 is 18.4 Å². The van der Waals surface area contributed by atoms with Gasteiger partial charge in [-0.3, -0.25) is 9.59 Å². The maximum Gasteiger partial charge on any atom is 0.254 e. The number of nitrogens with zero attached hydrogens (tertiary/aromatic N) is 1. The van der Waals surface area contributed by atoms with E-state index in [1.165, 1.54) is 5.56 Å². The molecule has 2 saturated heterocycles. The van der Waals surface area contributed by atoms with Crippen LogP contribution in [-0.2, 0) is 4.79 Å². The molecule has 1 unspecified atom stereocenters. The molecule has 3 atom stereocenters. The second-order valence-electron chi connectivity index (χ2n) is 8.25. The van der Waals surface area contributed by atoms with Crippen LogP contribution in [-0.4, -0.2) is 35.3 Å². The van der Waals surface area contributed by atoms with Crippen LogP contribution in [0.15, 0.2) is 48.5 Å². The predicted octanol–water partition coefficient (Wildman–Crippen LogP) is 4.41. The van der Waals surface area contributed by atoms with Gasteiger partial charge in [0, 0.05) is 31.1 Å². The number of piperidine rings is 1. The molecule has 4 nitrogen and oxygen atoms in total. The summed E-state index contributed by atoms with van der Waals surface area (Å²) in [4.78, 5) is 26.9. The van der Waals surface area contributed by atoms with Crippen molar-refractivity contribution in [2.24, 2.45) is 0 Å². The van der Waals surface area contributed by atoms with E-state index < -0.39 is 17.5 Å². The Morgan fingerprint density at radius 2 is 1.70 bits per heavy atom. The summed E-state index contributed by atoms with van der Waals surface area (Å²) in [5.41, 5.74) is 1.17. The Morgan fingerprint density at radius 3 is 2.37 bits per heavy atom. The molecular weight excluding hydrogens is 386 g/mol. The third-order valence-corrected chi connectivity index (χ3v) is 6.32. The molecule has 2 aromatic carbocycles. The molecule has 4 rings (SSSR count). The summed E-state index contributed by atoms with van der Waals surface area (Å²) < 4.78 is 26.6. The summed E-state index contributed by atoms with van der Waals surface area (Å²) in [5.74, 6) is -1.56. The number of carbonyl (C=O) groups is 2. The van der Waals surface area contributed by atoms with Crippen LogP contribution in [0.5, 0.6) is 0 Å². The van der Waals surface area contributed by atoms with Gasteiger partial charge in [-0.2, -0.15) is 0 Å². The van der Waals surface area contributed by atoms with Crippen molar-refractivity contribution in [1.29, 1.82) is 0 Å². The van der Waals surface area contributed by atoms with Crippen LogP contribution in [0.1, 0.15) is 60.4 Å². The Morgan fingerprint density at radius 1 is 1.00 bits per heavy atom. The zero-order chi connectivity index (χ0) is 21.1. The molecule has 0 saturated carbocycles. The molecule has 0 spiro atoms. The van der Waals surface area contributed by atoms with Gasteiger partial charge in [0.05, 0.1) is 5.56 Å². The Hall–Kier alpha value is -2.76. The molecule has 1 N–H and O–H groups in total. The molecule has 2 aliphatic heterocycles. The van der Waals surface area contributed by atoms with E-state index in [-0.39, 0.29) is 18.0 Å². The fraction of sp³-hybridized carbons (Fsp3) is 0.417. The largest absolute Gasteiger partial charge is 0.352 e. The van der Waals surface area contributed by atoms with Gasteiger partial charge < -0.3 is 10.2 Å². The molecule has 0 radical (unpaired) electrons. The summed E-state index contributed by atoms with van der Waals surface area (Å²) in [6, 6.07) is 14.0. The number of halogens is 2. The van der Waals surface area contributed by atoms with Gasteiger partial charge in [0.2, 0.25) is 5.91 Å². The third kappa shape index (κ3) is 4.37. The molecule has 0 aromatic heterocycles. The van der Waals surface area contributed by atoms with Gasteiger partial charge in [0.25, 0.3) is 5.91 Å². The number of hydrogen-bond donors (Lipinski definition) is 1. The van der Waals surface area contributed by atoms with Crippen molar-refractivity contribution in [3.8, 4) is 0 Å². The van der Waals surface area contributed by atoms with Crippen LogP contribution in [0.3, 0.4) is 0 Å². The molecule has 0 aliphatic carbocycles. The van der Waals surface area contributed by atoms with E-state index in [4.69, 9.17) is 0 Å². The lowest BCUT2D eigenvalue weighted by Crippen LogP contribution is -2.46. The first-order chi connectivity index (χ1) is 14.5. The zero-order valence-electron chi connectivity index (χ0n) is 16.8. The molecule has 2 fully saturated rings. The number of hydrogen-bond acceptors (Lipinski definition) is 2.